The Bertz CT molecular complexity index is 459. The van der Waals surface area contributed by atoms with E-state index in [2.05, 4.69) is 10.5 Å². The van der Waals surface area contributed by atoms with E-state index < -0.39 is 11.5 Å². The van der Waals surface area contributed by atoms with Crippen LogP contribution >= 0.6 is 0 Å². The number of amidine groups is 1. The summed E-state index contributed by atoms with van der Waals surface area (Å²) in [4.78, 5) is 26.4. The third-order valence-corrected chi connectivity index (χ3v) is 3.88. The van der Waals surface area contributed by atoms with E-state index in [0.29, 0.717) is 26.0 Å². The van der Waals surface area contributed by atoms with Crippen molar-refractivity contribution >= 4 is 17.6 Å². The van der Waals surface area contributed by atoms with Crippen LogP contribution in [0.3, 0.4) is 0 Å². The number of ether oxygens (including phenoxy) is 1. The summed E-state index contributed by atoms with van der Waals surface area (Å²) in [6.07, 6.45) is 1.08. The molecular weight excluding hydrogens is 276 g/mol. The Kier molecular flexibility index (Phi) is 4.36. The second-order valence-corrected chi connectivity index (χ2v) is 5.82. The number of amides is 2. The van der Waals surface area contributed by atoms with Crippen LogP contribution in [0.1, 0.15) is 26.7 Å². The minimum absolute atomic E-state index is 0.0182. The Labute approximate surface area is 123 Å². The van der Waals surface area contributed by atoms with Crippen LogP contribution in [0.2, 0.25) is 0 Å². The Balaban J connectivity index is 2.16. The number of carbonyl (C=O) groups excluding carboxylic acids is 2. The summed E-state index contributed by atoms with van der Waals surface area (Å²) < 4.78 is 5.32. The van der Waals surface area contributed by atoms with Crippen LogP contribution < -0.4 is 11.1 Å². The summed E-state index contributed by atoms with van der Waals surface area (Å²) in [5, 5.41) is 14.6. The zero-order valence-electron chi connectivity index (χ0n) is 12.3. The summed E-state index contributed by atoms with van der Waals surface area (Å²) in [6, 6.07) is -0.687. The van der Waals surface area contributed by atoms with Gasteiger partial charge in [0.05, 0.1) is 13.2 Å². The minimum atomic E-state index is -0.942. The second-order valence-electron chi connectivity index (χ2n) is 5.82. The minimum Gasteiger partial charge on any atom is -0.409 e. The van der Waals surface area contributed by atoms with Crippen molar-refractivity contribution in [3.63, 3.8) is 0 Å². The van der Waals surface area contributed by atoms with Crippen molar-refractivity contribution in [3.05, 3.63) is 0 Å². The first-order valence-electron chi connectivity index (χ1n) is 7.09. The normalized spacial score (nSPS) is 24.8. The molecule has 2 fully saturated rings. The van der Waals surface area contributed by atoms with E-state index in [-0.39, 0.29) is 30.3 Å². The van der Waals surface area contributed by atoms with Gasteiger partial charge in [0.2, 0.25) is 11.8 Å². The lowest BCUT2D eigenvalue weighted by Gasteiger charge is -2.37. The summed E-state index contributed by atoms with van der Waals surface area (Å²) in [6.45, 7) is 4.58. The largest absolute Gasteiger partial charge is 0.409 e. The van der Waals surface area contributed by atoms with Crippen molar-refractivity contribution in [3.8, 4) is 0 Å². The molecule has 1 aliphatic heterocycles. The van der Waals surface area contributed by atoms with Gasteiger partial charge in [0.1, 0.15) is 11.5 Å². The van der Waals surface area contributed by atoms with Gasteiger partial charge in [0.25, 0.3) is 0 Å². The number of nitrogens with one attached hydrogen (secondary N) is 1. The van der Waals surface area contributed by atoms with Crippen LogP contribution in [0, 0.1) is 5.41 Å². The van der Waals surface area contributed by atoms with E-state index in [9.17, 15) is 9.59 Å². The average molecular weight is 298 g/mol. The SMILES string of the molecule is CC(C)NC(=O)C1COCCN1C(=O)C1(C(N)=NO)CC1. The van der Waals surface area contributed by atoms with Gasteiger partial charge in [-0.25, -0.2) is 0 Å². The molecule has 118 valence electrons. The highest BCUT2D eigenvalue weighted by Gasteiger charge is 2.57. The number of hydrogen-bond acceptors (Lipinski definition) is 5. The Morgan fingerprint density at radius 3 is 2.67 bits per heavy atom. The van der Waals surface area contributed by atoms with Gasteiger partial charge in [-0.05, 0) is 26.7 Å². The standard InChI is InChI=1S/C13H22N4O4/c1-8(2)15-10(18)9-7-21-6-5-17(9)12(19)13(3-4-13)11(14)16-20/h8-9,20H,3-7H2,1-2H3,(H2,14,16)(H,15,18). The molecule has 1 atom stereocenters. The highest BCUT2D eigenvalue weighted by molar-refractivity contribution is 6.10. The van der Waals surface area contributed by atoms with Crippen molar-refractivity contribution < 1.29 is 19.5 Å². The molecule has 0 spiro atoms. The van der Waals surface area contributed by atoms with E-state index in [1.165, 1.54) is 4.90 Å². The van der Waals surface area contributed by atoms with Crippen molar-refractivity contribution in [2.75, 3.05) is 19.8 Å². The Morgan fingerprint density at radius 2 is 2.14 bits per heavy atom. The summed E-state index contributed by atoms with van der Waals surface area (Å²) in [5.74, 6) is -0.583. The van der Waals surface area contributed by atoms with E-state index in [0.717, 1.165) is 0 Å². The van der Waals surface area contributed by atoms with Crippen molar-refractivity contribution in [1.29, 1.82) is 0 Å². The highest BCUT2D eigenvalue weighted by Crippen LogP contribution is 2.47. The molecule has 8 heteroatoms. The third kappa shape index (κ3) is 2.94. The molecule has 0 bridgehead atoms. The van der Waals surface area contributed by atoms with Gasteiger partial charge in [-0.2, -0.15) is 0 Å². The fraction of sp³-hybridized carbons (Fsp3) is 0.769. The van der Waals surface area contributed by atoms with Crippen molar-refractivity contribution in [2.45, 2.75) is 38.8 Å². The monoisotopic (exact) mass is 298 g/mol. The smallest absolute Gasteiger partial charge is 0.245 e. The number of morpholine rings is 1. The van der Waals surface area contributed by atoms with Crippen LogP contribution in [0.25, 0.3) is 0 Å². The first-order chi connectivity index (χ1) is 9.92. The van der Waals surface area contributed by atoms with Gasteiger partial charge in [0, 0.05) is 12.6 Å². The molecule has 2 amide bonds. The number of hydrogen-bond donors (Lipinski definition) is 3. The Morgan fingerprint density at radius 1 is 1.48 bits per heavy atom. The lowest BCUT2D eigenvalue weighted by atomic mass is 10.0. The average Bonchev–Trinajstić information content (AvgIpc) is 3.26. The number of oxime groups is 1. The van der Waals surface area contributed by atoms with Crippen LogP contribution in [-0.4, -0.2) is 59.6 Å². The molecule has 1 aliphatic carbocycles. The molecule has 2 aliphatic rings. The molecule has 1 saturated carbocycles. The third-order valence-electron chi connectivity index (χ3n) is 3.88. The van der Waals surface area contributed by atoms with Gasteiger partial charge in [-0.15, -0.1) is 0 Å². The molecule has 21 heavy (non-hydrogen) atoms. The zero-order chi connectivity index (χ0) is 15.6. The number of nitrogens with zero attached hydrogens (tertiary/aromatic N) is 2. The molecule has 0 radical (unpaired) electrons. The molecule has 0 aromatic heterocycles. The van der Waals surface area contributed by atoms with Crippen molar-refractivity contribution in [1.82, 2.24) is 10.2 Å². The van der Waals surface area contributed by atoms with E-state index in [1.807, 2.05) is 13.8 Å². The predicted octanol–water partition coefficient (Wildman–Crippen LogP) is -0.735. The van der Waals surface area contributed by atoms with Crippen LogP contribution in [-0.2, 0) is 14.3 Å². The molecule has 4 N–H and O–H groups in total. The summed E-state index contributed by atoms with van der Waals surface area (Å²) in [7, 11) is 0. The molecule has 1 saturated heterocycles. The van der Waals surface area contributed by atoms with Crippen LogP contribution in [0.4, 0.5) is 0 Å². The summed E-state index contributed by atoms with van der Waals surface area (Å²) in [5.41, 5.74) is 4.70. The van der Waals surface area contributed by atoms with Gasteiger partial charge in [-0.1, -0.05) is 5.16 Å². The van der Waals surface area contributed by atoms with Gasteiger partial charge < -0.3 is 25.9 Å². The topological polar surface area (TPSA) is 117 Å². The molecule has 2 rings (SSSR count). The molecule has 0 aromatic rings. The number of nitrogens with two attached hydrogens (primary N) is 1. The maximum atomic E-state index is 12.7. The van der Waals surface area contributed by atoms with E-state index in [4.69, 9.17) is 15.7 Å². The molecule has 0 aromatic carbocycles. The Hall–Kier alpha value is -1.83. The first-order valence-corrected chi connectivity index (χ1v) is 7.09. The van der Waals surface area contributed by atoms with Crippen molar-refractivity contribution in [2.24, 2.45) is 16.3 Å². The van der Waals surface area contributed by atoms with E-state index >= 15 is 0 Å². The predicted molar refractivity (Wildman–Crippen MR) is 74.7 cm³/mol. The zero-order valence-corrected chi connectivity index (χ0v) is 12.3. The lowest BCUT2D eigenvalue weighted by molar-refractivity contribution is -0.151. The lowest BCUT2D eigenvalue weighted by Crippen LogP contribution is -2.59. The summed E-state index contributed by atoms with van der Waals surface area (Å²) >= 11 is 0. The molecular formula is C13H22N4O4. The quantitative estimate of drug-likeness (QED) is 0.274. The first kappa shape index (κ1) is 15.6. The van der Waals surface area contributed by atoms with Gasteiger partial charge in [0.15, 0.2) is 5.84 Å². The fourth-order valence-corrected chi connectivity index (χ4v) is 2.52. The highest BCUT2D eigenvalue weighted by atomic mass is 16.5. The van der Waals surface area contributed by atoms with Gasteiger partial charge in [-0.3, -0.25) is 9.59 Å². The molecule has 8 nitrogen and oxygen atoms in total. The molecule has 1 heterocycles. The fourth-order valence-electron chi connectivity index (χ4n) is 2.52. The number of carbonyl (C=O) groups is 2. The van der Waals surface area contributed by atoms with E-state index in [1.54, 1.807) is 0 Å². The van der Waals surface area contributed by atoms with Gasteiger partial charge >= 0.3 is 0 Å². The maximum Gasteiger partial charge on any atom is 0.245 e. The second kappa shape index (κ2) is 5.88. The van der Waals surface area contributed by atoms with Crippen LogP contribution in [0.5, 0.6) is 0 Å². The number of rotatable bonds is 4. The maximum absolute atomic E-state index is 12.7. The molecule has 1 unspecified atom stereocenters. The van der Waals surface area contributed by atoms with Crippen LogP contribution in [0.15, 0.2) is 5.16 Å².